The van der Waals surface area contributed by atoms with E-state index in [4.69, 9.17) is 5.73 Å². The topological polar surface area (TPSA) is 45.0 Å². The number of H-pyrrole nitrogens is 1. The van der Waals surface area contributed by atoms with E-state index in [-0.39, 0.29) is 0 Å². The van der Waals surface area contributed by atoms with Crippen LogP contribution in [-0.4, -0.2) is 29.0 Å². The molecule has 1 saturated heterocycles. The van der Waals surface area contributed by atoms with Crippen molar-refractivity contribution in [2.24, 2.45) is 11.7 Å². The molecule has 3 N–H and O–H groups in total. The Labute approximate surface area is 121 Å². The van der Waals surface area contributed by atoms with Gasteiger partial charge in [0.25, 0.3) is 0 Å². The molecule has 2 aromatic rings. The molecule has 20 heavy (non-hydrogen) atoms. The number of rotatable bonds is 3. The van der Waals surface area contributed by atoms with Crippen LogP contribution in [0.1, 0.15) is 31.0 Å². The second-order valence-electron chi connectivity index (χ2n) is 6.25. The predicted molar refractivity (Wildman–Crippen MR) is 84.7 cm³/mol. The summed E-state index contributed by atoms with van der Waals surface area (Å²) < 4.78 is 0. The summed E-state index contributed by atoms with van der Waals surface area (Å²) >= 11 is 0. The second-order valence-corrected chi connectivity index (χ2v) is 6.25. The monoisotopic (exact) mass is 271 g/mol. The van der Waals surface area contributed by atoms with Crippen LogP contribution in [0.5, 0.6) is 0 Å². The second kappa shape index (κ2) is 5.58. The van der Waals surface area contributed by atoms with Crippen molar-refractivity contribution in [1.29, 1.82) is 0 Å². The summed E-state index contributed by atoms with van der Waals surface area (Å²) in [6.07, 6.45) is 2.47. The maximum atomic E-state index is 6.02. The summed E-state index contributed by atoms with van der Waals surface area (Å²) in [6, 6.07) is 8.95. The molecule has 1 fully saturated rings. The largest absolute Gasteiger partial charge is 0.358 e. The first-order valence-corrected chi connectivity index (χ1v) is 7.69. The molecule has 3 nitrogen and oxygen atoms in total. The van der Waals surface area contributed by atoms with Gasteiger partial charge in [0.15, 0.2) is 0 Å². The number of aryl methyl sites for hydroxylation is 1. The molecular weight excluding hydrogens is 246 g/mol. The summed E-state index contributed by atoms with van der Waals surface area (Å²) in [5.41, 5.74) is 10.0. The molecular formula is C17H25N3. The maximum absolute atomic E-state index is 6.02. The van der Waals surface area contributed by atoms with Crippen LogP contribution < -0.4 is 5.73 Å². The summed E-state index contributed by atoms with van der Waals surface area (Å²) in [4.78, 5) is 6.07. The Morgan fingerprint density at radius 2 is 2.00 bits per heavy atom. The minimum absolute atomic E-state index is 0.340. The summed E-state index contributed by atoms with van der Waals surface area (Å²) in [6.45, 7) is 7.73. The number of piperidine rings is 1. The molecule has 0 radical (unpaired) electrons. The van der Waals surface area contributed by atoms with Gasteiger partial charge in [0.05, 0.1) is 0 Å². The smallest absolute Gasteiger partial charge is 0.0459 e. The van der Waals surface area contributed by atoms with Crippen LogP contribution in [0.4, 0.5) is 0 Å². The van der Waals surface area contributed by atoms with Gasteiger partial charge in [0.2, 0.25) is 0 Å². The molecule has 1 atom stereocenters. The molecule has 1 aromatic heterocycles. The number of nitrogens with zero attached hydrogens (tertiary/aromatic N) is 1. The minimum atomic E-state index is 0.340. The summed E-state index contributed by atoms with van der Waals surface area (Å²) in [5, 5.41) is 1.37. The Morgan fingerprint density at radius 3 is 2.70 bits per heavy atom. The van der Waals surface area contributed by atoms with Gasteiger partial charge in [-0.2, -0.15) is 0 Å². The van der Waals surface area contributed by atoms with E-state index in [2.05, 4.69) is 48.0 Å². The van der Waals surface area contributed by atoms with Crippen molar-refractivity contribution in [2.75, 3.05) is 13.1 Å². The van der Waals surface area contributed by atoms with E-state index in [1.165, 1.54) is 48.1 Å². The fourth-order valence-corrected chi connectivity index (χ4v) is 3.40. The van der Waals surface area contributed by atoms with Gasteiger partial charge in [0.1, 0.15) is 0 Å². The highest BCUT2D eigenvalue weighted by molar-refractivity contribution is 5.84. The molecule has 2 heterocycles. The van der Waals surface area contributed by atoms with Gasteiger partial charge < -0.3 is 10.7 Å². The predicted octanol–water partition coefficient (Wildman–Crippen LogP) is 3.04. The zero-order valence-corrected chi connectivity index (χ0v) is 12.5. The van der Waals surface area contributed by atoms with E-state index in [1.54, 1.807) is 0 Å². The van der Waals surface area contributed by atoms with E-state index >= 15 is 0 Å². The molecule has 0 amide bonds. The van der Waals surface area contributed by atoms with Crippen LogP contribution in [0.25, 0.3) is 10.9 Å². The van der Waals surface area contributed by atoms with Crippen LogP contribution in [0.15, 0.2) is 24.3 Å². The van der Waals surface area contributed by atoms with Crippen LogP contribution in [-0.2, 0) is 6.54 Å². The molecule has 108 valence electrons. The van der Waals surface area contributed by atoms with Gasteiger partial charge >= 0.3 is 0 Å². The standard InChI is InChI=1S/C17H25N3/c1-12(18)14-7-9-20(10-8-14)11-16-13(2)19-17-6-4-3-5-15(16)17/h3-6,12,14,19H,7-11,18H2,1-2H3. The third kappa shape index (κ3) is 2.60. The number of para-hydroxylation sites is 1. The Hall–Kier alpha value is -1.32. The van der Waals surface area contributed by atoms with Crippen molar-refractivity contribution < 1.29 is 0 Å². The number of aromatic nitrogens is 1. The van der Waals surface area contributed by atoms with Crippen molar-refractivity contribution in [3.8, 4) is 0 Å². The molecule has 3 heteroatoms. The van der Waals surface area contributed by atoms with Crippen molar-refractivity contribution in [1.82, 2.24) is 9.88 Å². The third-order valence-electron chi connectivity index (χ3n) is 4.78. The molecule has 1 aromatic carbocycles. The average Bonchev–Trinajstić information content (AvgIpc) is 2.76. The third-order valence-corrected chi connectivity index (χ3v) is 4.78. The normalized spacial score (nSPS) is 19.6. The zero-order valence-electron chi connectivity index (χ0n) is 12.5. The maximum Gasteiger partial charge on any atom is 0.0459 e. The first-order valence-electron chi connectivity index (χ1n) is 7.69. The van der Waals surface area contributed by atoms with E-state index < -0.39 is 0 Å². The van der Waals surface area contributed by atoms with Crippen molar-refractivity contribution in [2.45, 2.75) is 39.3 Å². The molecule has 1 unspecified atom stereocenters. The van der Waals surface area contributed by atoms with E-state index in [9.17, 15) is 0 Å². The summed E-state index contributed by atoms with van der Waals surface area (Å²) in [5.74, 6) is 0.704. The minimum Gasteiger partial charge on any atom is -0.358 e. The number of fused-ring (bicyclic) bond motifs is 1. The van der Waals surface area contributed by atoms with Crippen molar-refractivity contribution in [3.05, 3.63) is 35.5 Å². The average molecular weight is 271 g/mol. The highest BCUT2D eigenvalue weighted by Crippen LogP contribution is 2.26. The zero-order chi connectivity index (χ0) is 14.1. The van der Waals surface area contributed by atoms with E-state index in [1.807, 2.05) is 0 Å². The number of hydrogen-bond acceptors (Lipinski definition) is 2. The van der Waals surface area contributed by atoms with Crippen LogP contribution in [0.3, 0.4) is 0 Å². The van der Waals surface area contributed by atoms with Crippen molar-refractivity contribution >= 4 is 10.9 Å². The number of nitrogens with two attached hydrogens (primary N) is 1. The molecule has 0 spiro atoms. The Kier molecular flexibility index (Phi) is 3.81. The fourth-order valence-electron chi connectivity index (χ4n) is 3.40. The number of nitrogens with one attached hydrogen (secondary N) is 1. The van der Waals surface area contributed by atoms with E-state index in [0.717, 1.165) is 6.54 Å². The van der Waals surface area contributed by atoms with Crippen molar-refractivity contribution in [3.63, 3.8) is 0 Å². The Morgan fingerprint density at radius 1 is 1.30 bits per heavy atom. The highest BCUT2D eigenvalue weighted by Gasteiger charge is 2.22. The number of aromatic amines is 1. The summed E-state index contributed by atoms with van der Waals surface area (Å²) in [7, 11) is 0. The Balaban J connectivity index is 1.73. The molecule has 0 saturated carbocycles. The van der Waals surface area contributed by atoms with Gasteiger partial charge in [-0.25, -0.2) is 0 Å². The lowest BCUT2D eigenvalue weighted by Crippen LogP contribution is -2.39. The molecule has 1 aliphatic heterocycles. The van der Waals surface area contributed by atoms with Gasteiger partial charge in [0, 0.05) is 29.2 Å². The molecule has 0 aliphatic carbocycles. The first-order chi connectivity index (χ1) is 9.65. The first kappa shape index (κ1) is 13.7. The SMILES string of the molecule is Cc1[nH]c2ccccc2c1CN1CCC(C(C)N)CC1. The number of benzene rings is 1. The lowest BCUT2D eigenvalue weighted by atomic mass is 9.90. The van der Waals surface area contributed by atoms with Crippen LogP contribution in [0, 0.1) is 12.8 Å². The number of likely N-dealkylation sites (tertiary alicyclic amines) is 1. The molecule has 1 aliphatic rings. The molecule has 0 bridgehead atoms. The van der Waals surface area contributed by atoms with Crippen LogP contribution >= 0.6 is 0 Å². The Bertz CT molecular complexity index is 577. The van der Waals surface area contributed by atoms with Gasteiger partial charge in [-0.1, -0.05) is 18.2 Å². The quantitative estimate of drug-likeness (QED) is 0.901. The lowest BCUT2D eigenvalue weighted by molar-refractivity contribution is 0.166. The van der Waals surface area contributed by atoms with Gasteiger partial charge in [-0.15, -0.1) is 0 Å². The van der Waals surface area contributed by atoms with E-state index in [0.29, 0.717) is 12.0 Å². The van der Waals surface area contributed by atoms with Gasteiger partial charge in [-0.05, 0) is 57.3 Å². The molecule has 3 rings (SSSR count). The fraction of sp³-hybridized carbons (Fsp3) is 0.529. The lowest BCUT2D eigenvalue weighted by Gasteiger charge is -2.33. The number of hydrogen-bond donors (Lipinski definition) is 2. The van der Waals surface area contributed by atoms with Gasteiger partial charge in [-0.3, -0.25) is 4.90 Å². The highest BCUT2D eigenvalue weighted by atomic mass is 15.1. The van der Waals surface area contributed by atoms with Crippen LogP contribution in [0.2, 0.25) is 0 Å².